The summed E-state index contributed by atoms with van der Waals surface area (Å²) in [6, 6.07) is 12.2. The van der Waals surface area contributed by atoms with E-state index < -0.39 is 6.10 Å². The summed E-state index contributed by atoms with van der Waals surface area (Å²) in [4.78, 5) is 12.2. The van der Waals surface area contributed by atoms with Gasteiger partial charge in [0, 0.05) is 11.8 Å². The number of anilines is 1. The van der Waals surface area contributed by atoms with Crippen molar-refractivity contribution < 1.29 is 19.0 Å². The van der Waals surface area contributed by atoms with Crippen LogP contribution in [0.2, 0.25) is 5.02 Å². The van der Waals surface area contributed by atoms with E-state index in [-0.39, 0.29) is 12.7 Å². The minimum atomic E-state index is -0.690. The Hall–Kier alpha value is -2.40. The molecule has 0 spiro atoms. The Bertz CT molecular complexity index is 704. The SMILES string of the molecule is C[C@H](Oc1ccccc1Cl)C(=O)Nc1ccc2c(c1)OCO2. The van der Waals surface area contributed by atoms with Gasteiger partial charge in [0.25, 0.3) is 5.91 Å². The quantitative estimate of drug-likeness (QED) is 0.937. The number of carbonyl (C=O) groups excluding carboxylic acids is 1. The minimum Gasteiger partial charge on any atom is -0.479 e. The van der Waals surface area contributed by atoms with Crippen molar-refractivity contribution in [2.75, 3.05) is 12.1 Å². The van der Waals surface area contributed by atoms with E-state index in [1.165, 1.54) is 0 Å². The second kappa shape index (κ2) is 6.15. The number of amides is 1. The number of hydrogen-bond donors (Lipinski definition) is 1. The standard InChI is InChI=1S/C16H14ClNO4/c1-10(22-13-5-3-2-4-12(13)17)16(19)18-11-6-7-14-15(8-11)21-9-20-14/h2-8,10H,9H2,1H3,(H,18,19)/t10-/m0/s1. The fourth-order valence-corrected chi connectivity index (χ4v) is 2.18. The van der Waals surface area contributed by atoms with E-state index in [0.29, 0.717) is 28.0 Å². The number of rotatable bonds is 4. The van der Waals surface area contributed by atoms with E-state index in [2.05, 4.69) is 5.32 Å². The maximum Gasteiger partial charge on any atom is 0.265 e. The van der Waals surface area contributed by atoms with Crippen LogP contribution < -0.4 is 19.5 Å². The Kier molecular flexibility index (Phi) is 4.06. The Morgan fingerprint density at radius 2 is 2.00 bits per heavy atom. The van der Waals surface area contributed by atoms with Gasteiger partial charge in [0.05, 0.1) is 5.02 Å². The van der Waals surface area contributed by atoms with Crippen molar-refractivity contribution in [1.82, 2.24) is 0 Å². The number of carbonyl (C=O) groups is 1. The van der Waals surface area contributed by atoms with Crippen LogP contribution in [0.1, 0.15) is 6.92 Å². The van der Waals surface area contributed by atoms with Gasteiger partial charge >= 0.3 is 0 Å². The topological polar surface area (TPSA) is 56.8 Å². The molecule has 0 saturated carbocycles. The molecule has 6 heteroatoms. The maximum absolute atomic E-state index is 12.2. The average Bonchev–Trinajstić information content (AvgIpc) is 2.97. The Labute approximate surface area is 132 Å². The molecule has 0 saturated heterocycles. The summed E-state index contributed by atoms with van der Waals surface area (Å²) in [6.45, 7) is 1.85. The number of benzene rings is 2. The van der Waals surface area contributed by atoms with Gasteiger partial charge in [0.15, 0.2) is 17.6 Å². The third kappa shape index (κ3) is 3.09. The average molecular weight is 320 g/mol. The van der Waals surface area contributed by atoms with Crippen molar-refractivity contribution in [3.05, 3.63) is 47.5 Å². The second-order valence-electron chi connectivity index (χ2n) is 4.75. The third-order valence-electron chi connectivity index (χ3n) is 3.15. The molecule has 1 heterocycles. The summed E-state index contributed by atoms with van der Waals surface area (Å²) in [6.07, 6.45) is -0.690. The van der Waals surface area contributed by atoms with Crippen LogP contribution in [0.15, 0.2) is 42.5 Å². The lowest BCUT2D eigenvalue weighted by molar-refractivity contribution is -0.122. The lowest BCUT2D eigenvalue weighted by atomic mass is 10.2. The fraction of sp³-hybridized carbons (Fsp3) is 0.188. The summed E-state index contributed by atoms with van der Waals surface area (Å²) in [5.74, 6) is 1.46. The zero-order chi connectivity index (χ0) is 15.5. The highest BCUT2D eigenvalue weighted by Crippen LogP contribution is 2.34. The number of fused-ring (bicyclic) bond motifs is 1. The number of hydrogen-bond acceptors (Lipinski definition) is 4. The van der Waals surface area contributed by atoms with Gasteiger partial charge in [-0.3, -0.25) is 4.79 Å². The second-order valence-corrected chi connectivity index (χ2v) is 5.15. The molecule has 0 fully saturated rings. The highest BCUT2D eigenvalue weighted by atomic mass is 35.5. The zero-order valence-corrected chi connectivity index (χ0v) is 12.6. The van der Waals surface area contributed by atoms with E-state index >= 15 is 0 Å². The van der Waals surface area contributed by atoms with Crippen LogP contribution in [-0.2, 0) is 4.79 Å². The molecule has 1 aliphatic rings. The molecule has 0 aliphatic carbocycles. The van der Waals surface area contributed by atoms with E-state index in [4.69, 9.17) is 25.8 Å². The minimum absolute atomic E-state index is 0.193. The lowest BCUT2D eigenvalue weighted by Gasteiger charge is -2.15. The molecule has 5 nitrogen and oxygen atoms in total. The van der Waals surface area contributed by atoms with Crippen LogP contribution in [0.5, 0.6) is 17.2 Å². The first-order valence-electron chi connectivity index (χ1n) is 6.75. The molecule has 0 aromatic heterocycles. The molecule has 1 atom stereocenters. The van der Waals surface area contributed by atoms with Crippen molar-refractivity contribution in [1.29, 1.82) is 0 Å². The van der Waals surface area contributed by atoms with Gasteiger partial charge in [-0.25, -0.2) is 0 Å². The third-order valence-corrected chi connectivity index (χ3v) is 3.46. The Morgan fingerprint density at radius 1 is 1.23 bits per heavy atom. The molecule has 2 aromatic carbocycles. The number of para-hydroxylation sites is 1. The van der Waals surface area contributed by atoms with Crippen LogP contribution in [0.25, 0.3) is 0 Å². The summed E-state index contributed by atoms with van der Waals surface area (Å²) in [7, 11) is 0. The van der Waals surface area contributed by atoms with Gasteiger partial charge in [-0.2, -0.15) is 0 Å². The highest BCUT2D eigenvalue weighted by molar-refractivity contribution is 6.32. The lowest BCUT2D eigenvalue weighted by Crippen LogP contribution is -2.30. The van der Waals surface area contributed by atoms with Gasteiger partial charge in [-0.05, 0) is 31.2 Å². The fourth-order valence-electron chi connectivity index (χ4n) is 2.00. The normalized spacial score (nSPS) is 13.5. The Morgan fingerprint density at radius 3 is 2.82 bits per heavy atom. The predicted molar refractivity (Wildman–Crippen MR) is 82.7 cm³/mol. The van der Waals surface area contributed by atoms with Crippen molar-refractivity contribution >= 4 is 23.2 Å². The molecular formula is C16H14ClNO4. The van der Waals surface area contributed by atoms with Crippen LogP contribution in [0, 0.1) is 0 Å². The van der Waals surface area contributed by atoms with E-state index in [9.17, 15) is 4.79 Å². The molecule has 3 rings (SSSR count). The first-order chi connectivity index (χ1) is 10.6. The van der Waals surface area contributed by atoms with E-state index in [1.807, 2.05) is 0 Å². The first-order valence-corrected chi connectivity index (χ1v) is 7.13. The van der Waals surface area contributed by atoms with Crippen LogP contribution in [0.4, 0.5) is 5.69 Å². The van der Waals surface area contributed by atoms with E-state index in [1.54, 1.807) is 49.4 Å². The van der Waals surface area contributed by atoms with Gasteiger partial charge in [-0.15, -0.1) is 0 Å². The van der Waals surface area contributed by atoms with Gasteiger partial charge in [0.1, 0.15) is 5.75 Å². The van der Waals surface area contributed by atoms with Gasteiger partial charge in [-0.1, -0.05) is 23.7 Å². The zero-order valence-electron chi connectivity index (χ0n) is 11.8. The molecule has 0 radical (unpaired) electrons. The predicted octanol–water partition coefficient (Wildman–Crippen LogP) is 3.47. The smallest absolute Gasteiger partial charge is 0.265 e. The maximum atomic E-state index is 12.2. The molecule has 114 valence electrons. The number of nitrogens with one attached hydrogen (secondary N) is 1. The number of ether oxygens (including phenoxy) is 3. The van der Waals surface area contributed by atoms with Gasteiger partial charge < -0.3 is 19.5 Å². The summed E-state index contributed by atoms with van der Waals surface area (Å²) >= 11 is 6.01. The molecule has 1 N–H and O–H groups in total. The molecule has 1 aliphatic heterocycles. The monoisotopic (exact) mass is 319 g/mol. The molecular weight excluding hydrogens is 306 g/mol. The highest BCUT2D eigenvalue weighted by Gasteiger charge is 2.18. The summed E-state index contributed by atoms with van der Waals surface area (Å²) < 4.78 is 16.1. The van der Waals surface area contributed by atoms with E-state index in [0.717, 1.165) is 0 Å². The molecule has 2 aromatic rings. The Balaban J connectivity index is 1.65. The van der Waals surface area contributed by atoms with Crippen LogP contribution >= 0.6 is 11.6 Å². The molecule has 1 amide bonds. The van der Waals surface area contributed by atoms with Crippen LogP contribution in [-0.4, -0.2) is 18.8 Å². The summed E-state index contributed by atoms with van der Waals surface area (Å²) in [5.41, 5.74) is 0.615. The summed E-state index contributed by atoms with van der Waals surface area (Å²) in [5, 5.41) is 3.23. The first kappa shape index (κ1) is 14.5. The van der Waals surface area contributed by atoms with Gasteiger partial charge in [0.2, 0.25) is 6.79 Å². The largest absolute Gasteiger partial charge is 0.479 e. The van der Waals surface area contributed by atoms with Crippen molar-refractivity contribution in [3.63, 3.8) is 0 Å². The van der Waals surface area contributed by atoms with Crippen molar-refractivity contribution in [3.8, 4) is 17.2 Å². The molecule has 0 bridgehead atoms. The molecule has 0 unspecified atom stereocenters. The molecule has 22 heavy (non-hydrogen) atoms. The van der Waals surface area contributed by atoms with Crippen molar-refractivity contribution in [2.45, 2.75) is 13.0 Å². The van der Waals surface area contributed by atoms with Crippen molar-refractivity contribution in [2.24, 2.45) is 0 Å². The number of halogens is 1. The van der Waals surface area contributed by atoms with Crippen LogP contribution in [0.3, 0.4) is 0 Å².